The molecule has 0 saturated carbocycles. The zero-order chi connectivity index (χ0) is 9.56. The van der Waals surface area contributed by atoms with Gasteiger partial charge in [-0.3, -0.25) is 4.79 Å². The molecule has 70 valence electrons. The van der Waals surface area contributed by atoms with Crippen LogP contribution in [0.4, 0.5) is 0 Å². The zero-order valence-electron chi connectivity index (χ0n) is 7.27. The summed E-state index contributed by atoms with van der Waals surface area (Å²) < 4.78 is 0.774. The SMILES string of the molecule is C=C(Br)CNC(=O)C(C)CCN. The highest BCUT2D eigenvalue weighted by Crippen LogP contribution is 2.01. The largest absolute Gasteiger partial charge is 0.351 e. The van der Waals surface area contributed by atoms with E-state index in [-0.39, 0.29) is 11.8 Å². The van der Waals surface area contributed by atoms with Crippen LogP contribution in [-0.4, -0.2) is 19.0 Å². The second kappa shape index (κ2) is 6.20. The summed E-state index contributed by atoms with van der Waals surface area (Å²) in [5.74, 6) is 0.0166. The number of carbonyl (C=O) groups excluding carboxylic acids is 1. The summed E-state index contributed by atoms with van der Waals surface area (Å²) >= 11 is 3.16. The minimum absolute atomic E-state index is 0.0122. The van der Waals surface area contributed by atoms with E-state index in [0.29, 0.717) is 13.1 Å². The van der Waals surface area contributed by atoms with Gasteiger partial charge in [0.05, 0.1) is 0 Å². The van der Waals surface area contributed by atoms with Crippen LogP contribution in [0.3, 0.4) is 0 Å². The van der Waals surface area contributed by atoms with Gasteiger partial charge < -0.3 is 11.1 Å². The molecule has 12 heavy (non-hydrogen) atoms. The van der Waals surface area contributed by atoms with Gasteiger partial charge >= 0.3 is 0 Å². The average molecular weight is 235 g/mol. The van der Waals surface area contributed by atoms with E-state index in [1.165, 1.54) is 0 Å². The molecular formula is C8H15BrN2O. The Morgan fingerprint density at radius 2 is 2.33 bits per heavy atom. The Kier molecular flexibility index (Phi) is 6.02. The average Bonchev–Trinajstić information content (AvgIpc) is 2.00. The zero-order valence-corrected chi connectivity index (χ0v) is 8.86. The van der Waals surface area contributed by atoms with Crippen LogP contribution in [0.15, 0.2) is 11.1 Å². The molecule has 1 unspecified atom stereocenters. The van der Waals surface area contributed by atoms with Gasteiger partial charge in [0.25, 0.3) is 0 Å². The summed E-state index contributed by atoms with van der Waals surface area (Å²) in [6.45, 7) is 6.50. The van der Waals surface area contributed by atoms with Gasteiger partial charge in [0.15, 0.2) is 0 Å². The molecule has 1 amide bonds. The van der Waals surface area contributed by atoms with Crippen LogP contribution in [0.1, 0.15) is 13.3 Å². The van der Waals surface area contributed by atoms with Crippen molar-refractivity contribution >= 4 is 21.8 Å². The molecule has 3 N–H and O–H groups in total. The molecule has 0 bridgehead atoms. The topological polar surface area (TPSA) is 55.1 Å². The normalized spacial score (nSPS) is 12.2. The first-order chi connectivity index (χ1) is 5.57. The third kappa shape index (κ3) is 5.32. The Morgan fingerprint density at radius 3 is 2.75 bits per heavy atom. The smallest absolute Gasteiger partial charge is 0.223 e. The van der Waals surface area contributed by atoms with Crippen molar-refractivity contribution in [1.82, 2.24) is 5.32 Å². The summed E-state index contributed by atoms with van der Waals surface area (Å²) in [6, 6.07) is 0. The van der Waals surface area contributed by atoms with E-state index >= 15 is 0 Å². The van der Waals surface area contributed by atoms with Crippen molar-refractivity contribution < 1.29 is 4.79 Å². The van der Waals surface area contributed by atoms with Crippen molar-refractivity contribution in [1.29, 1.82) is 0 Å². The van der Waals surface area contributed by atoms with Crippen molar-refractivity contribution in [2.45, 2.75) is 13.3 Å². The quantitative estimate of drug-likeness (QED) is 0.746. The molecule has 3 nitrogen and oxygen atoms in total. The van der Waals surface area contributed by atoms with Gasteiger partial charge in [0.2, 0.25) is 5.91 Å². The van der Waals surface area contributed by atoms with Gasteiger partial charge in [0, 0.05) is 16.9 Å². The first kappa shape index (κ1) is 11.6. The van der Waals surface area contributed by atoms with E-state index in [1.54, 1.807) is 0 Å². The molecule has 0 aromatic carbocycles. The fourth-order valence-corrected chi connectivity index (χ4v) is 0.879. The van der Waals surface area contributed by atoms with Crippen molar-refractivity contribution in [3.05, 3.63) is 11.1 Å². The molecule has 4 heteroatoms. The fourth-order valence-electron chi connectivity index (χ4n) is 0.738. The summed E-state index contributed by atoms with van der Waals surface area (Å²) in [4.78, 5) is 11.2. The molecular weight excluding hydrogens is 220 g/mol. The summed E-state index contributed by atoms with van der Waals surface area (Å²) in [5, 5.41) is 2.73. The summed E-state index contributed by atoms with van der Waals surface area (Å²) in [5.41, 5.74) is 5.32. The number of rotatable bonds is 5. The van der Waals surface area contributed by atoms with Crippen LogP contribution in [0.25, 0.3) is 0 Å². The van der Waals surface area contributed by atoms with Crippen LogP contribution >= 0.6 is 15.9 Å². The molecule has 0 radical (unpaired) electrons. The lowest BCUT2D eigenvalue weighted by atomic mass is 10.1. The van der Waals surface area contributed by atoms with Crippen LogP contribution in [0.2, 0.25) is 0 Å². The highest BCUT2D eigenvalue weighted by Gasteiger charge is 2.10. The van der Waals surface area contributed by atoms with E-state index in [1.807, 2.05) is 6.92 Å². The van der Waals surface area contributed by atoms with E-state index in [4.69, 9.17) is 5.73 Å². The summed E-state index contributed by atoms with van der Waals surface area (Å²) in [7, 11) is 0. The van der Waals surface area contributed by atoms with Crippen molar-refractivity contribution in [3.63, 3.8) is 0 Å². The lowest BCUT2D eigenvalue weighted by Crippen LogP contribution is -2.31. The second-order valence-corrected chi connectivity index (χ2v) is 3.83. The number of hydrogen-bond donors (Lipinski definition) is 2. The third-order valence-corrected chi connectivity index (χ3v) is 1.78. The van der Waals surface area contributed by atoms with E-state index < -0.39 is 0 Å². The second-order valence-electron chi connectivity index (χ2n) is 2.71. The minimum Gasteiger partial charge on any atom is -0.351 e. The number of amides is 1. The Labute approximate surface area is 81.5 Å². The number of hydrogen-bond acceptors (Lipinski definition) is 2. The number of carbonyl (C=O) groups is 1. The molecule has 0 fully saturated rings. The molecule has 0 spiro atoms. The Balaban J connectivity index is 3.64. The molecule has 0 heterocycles. The van der Waals surface area contributed by atoms with E-state index in [2.05, 4.69) is 27.8 Å². The van der Waals surface area contributed by atoms with Gasteiger partial charge in [-0.15, -0.1) is 0 Å². The number of nitrogens with one attached hydrogen (secondary N) is 1. The Bertz CT molecular complexity index is 170. The van der Waals surface area contributed by atoms with Gasteiger partial charge in [-0.1, -0.05) is 29.4 Å². The minimum atomic E-state index is -0.0122. The molecule has 0 saturated heterocycles. The molecule has 1 atom stereocenters. The van der Waals surface area contributed by atoms with Gasteiger partial charge in [0.1, 0.15) is 0 Å². The van der Waals surface area contributed by atoms with Crippen molar-refractivity contribution in [2.75, 3.05) is 13.1 Å². The van der Waals surface area contributed by atoms with Crippen LogP contribution in [0.5, 0.6) is 0 Å². The van der Waals surface area contributed by atoms with E-state index in [9.17, 15) is 4.79 Å². The highest BCUT2D eigenvalue weighted by molar-refractivity contribution is 9.11. The lowest BCUT2D eigenvalue weighted by molar-refractivity contribution is -0.124. The molecule has 0 aromatic heterocycles. The first-order valence-electron chi connectivity index (χ1n) is 3.89. The van der Waals surface area contributed by atoms with Crippen LogP contribution in [-0.2, 0) is 4.79 Å². The lowest BCUT2D eigenvalue weighted by Gasteiger charge is -2.09. The fraction of sp³-hybridized carbons (Fsp3) is 0.625. The standard InChI is InChI=1S/C8H15BrN2O/c1-6(3-4-10)8(12)11-5-7(2)9/h6H,2-5,10H2,1H3,(H,11,12). The van der Waals surface area contributed by atoms with Crippen LogP contribution < -0.4 is 11.1 Å². The summed E-state index contributed by atoms with van der Waals surface area (Å²) in [6.07, 6.45) is 0.723. The maximum atomic E-state index is 11.2. The van der Waals surface area contributed by atoms with Crippen molar-refractivity contribution in [3.8, 4) is 0 Å². The monoisotopic (exact) mass is 234 g/mol. The molecule has 0 aromatic rings. The molecule has 0 rings (SSSR count). The maximum Gasteiger partial charge on any atom is 0.223 e. The molecule has 0 aliphatic heterocycles. The number of nitrogens with two attached hydrogens (primary N) is 1. The third-order valence-electron chi connectivity index (χ3n) is 1.50. The predicted molar refractivity (Wildman–Crippen MR) is 53.9 cm³/mol. The first-order valence-corrected chi connectivity index (χ1v) is 4.68. The number of halogens is 1. The molecule has 0 aliphatic rings. The highest BCUT2D eigenvalue weighted by atomic mass is 79.9. The van der Waals surface area contributed by atoms with Gasteiger partial charge in [-0.05, 0) is 13.0 Å². The maximum absolute atomic E-state index is 11.2. The van der Waals surface area contributed by atoms with Gasteiger partial charge in [-0.2, -0.15) is 0 Å². The van der Waals surface area contributed by atoms with Crippen LogP contribution in [0, 0.1) is 5.92 Å². The van der Waals surface area contributed by atoms with Gasteiger partial charge in [-0.25, -0.2) is 0 Å². The van der Waals surface area contributed by atoms with Crippen molar-refractivity contribution in [2.24, 2.45) is 11.7 Å². The van der Waals surface area contributed by atoms with E-state index in [0.717, 1.165) is 10.9 Å². The molecule has 0 aliphatic carbocycles. The predicted octanol–water partition coefficient (Wildman–Crippen LogP) is 0.996. The Hall–Kier alpha value is -0.350. The Morgan fingerprint density at radius 1 is 1.75 bits per heavy atom.